The Labute approximate surface area is 449 Å². The summed E-state index contributed by atoms with van der Waals surface area (Å²) in [5, 5.41) is 0. The average Bonchev–Trinajstić information content (AvgIpc) is 3.25. The van der Waals surface area contributed by atoms with Crippen molar-refractivity contribution in [1.82, 2.24) is 0 Å². The maximum Gasteiger partial charge on any atom is 0.147 e. The molecule has 0 saturated carbocycles. The summed E-state index contributed by atoms with van der Waals surface area (Å²) in [6.45, 7) is 55.1. The quantitative estimate of drug-likeness (QED) is 0.131. The zero-order chi connectivity index (χ0) is 55.4. The molecule has 0 aliphatic heterocycles. The standard InChI is InChI=1S/C72H84Si/c1-54(2)73(55(3)4,56(5)6)44-42-40-38-36-34-32-30-28-26-25-27-29-31-33-35-37-39-41-43-72(63-48-57(66(7,8)9)45-58(49-63)67(10,11)12,64-50-59(68(13,14)15)46-60(51-64)69(16,17)18)65-52-61(70(19,20)21)47-62(53-65)71(22,23)24/h45-56H,1-24H3. The molecule has 0 heterocycles. The summed E-state index contributed by atoms with van der Waals surface area (Å²) in [4.78, 5) is 0. The number of hydrogen-bond donors (Lipinski definition) is 0. The van der Waals surface area contributed by atoms with Crippen LogP contribution in [0.3, 0.4) is 0 Å². The van der Waals surface area contributed by atoms with Crippen LogP contribution in [0, 0.1) is 118 Å². The van der Waals surface area contributed by atoms with Crippen LogP contribution in [0.1, 0.15) is 216 Å². The van der Waals surface area contributed by atoms with E-state index in [9.17, 15) is 0 Å². The lowest BCUT2D eigenvalue weighted by Gasteiger charge is -2.38. The lowest BCUT2D eigenvalue weighted by molar-refractivity contribution is 0.558. The second-order valence-electron chi connectivity index (χ2n) is 26.5. The first-order valence-corrected chi connectivity index (χ1v) is 28.3. The molecule has 0 aliphatic rings. The Morgan fingerprint density at radius 3 is 0.589 bits per heavy atom. The predicted molar refractivity (Wildman–Crippen MR) is 320 cm³/mol. The zero-order valence-corrected chi connectivity index (χ0v) is 50.4. The van der Waals surface area contributed by atoms with E-state index in [1.54, 1.807) is 0 Å². The van der Waals surface area contributed by atoms with Crippen LogP contribution in [-0.4, -0.2) is 8.07 Å². The van der Waals surface area contributed by atoms with Crippen molar-refractivity contribution in [3.8, 4) is 118 Å². The third kappa shape index (κ3) is 16.5. The number of benzene rings is 3. The molecule has 0 nitrogen and oxygen atoms in total. The molecule has 0 bridgehead atoms. The van der Waals surface area contributed by atoms with Crippen LogP contribution >= 0.6 is 0 Å². The van der Waals surface area contributed by atoms with Gasteiger partial charge in [0.1, 0.15) is 13.5 Å². The zero-order valence-electron chi connectivity index (χ0n) is 49.4. The van der Waals surface area contributed by atoms with E-state index < -0.39 is 13.5 Å². The largest absolute Gasteiger partial charge is 0.147 e. The van der Waals surface area contributed by atoms with Crippen molar-refractivity contribution in [1.29, 1.82) is 0 Å². The fourth-order valence-electron chi connectivity index (χ4n) is 9.04. The summed E-state index contributed by atoms with van der Waals surface area (Å²) in [6.07, 6.45) is 0. The van der Waals surface area contributed by atoms with Gasteiger partial charge < -0.3 is 0 Å². The van der Waals surface area contributed by atoms with Crippen LogP contribution in [-0.2, 0) is 37.9 Å². The Balaban J connectivity index is 2.30. The Kier molecular flexibility index (Phi) is 20.0. The SMILES string of the molecule is CC(C)[Si](C#CC#CC#CC#CC#CC#CC#CC#CC#CC#CC(c1cc(C(C)(C)C)cc(C(C)(C)C)c1)(c1cc(C(C)(C)C)cc(C(C)(C)C)c1)c1cc(C(C)(C)C)cc(C(C)(C)C)c1)(C(C)C)C(C)C. The molecule has 3 aromatic carbocycles. The first-order chi connectivity index (χ1) is 33.5. The summed E-state index contributed by atoms with van der Waals surface area (Å²) in [7, 11) is -1.81. The fraction of sp³-hybridized carbons (Fsp3) is 0.472. The summed E-state index contributed by atoms with van der Waals surface area (Å²) < 4.78 is 0. The van der Waals surface area contributed by atoms with E-state index in [0.29, 0.717) is 16.6 Å². The van der Waals surface area contributed by atoms with Crippen LogP contribution in [0.25, 0.3) is 0 Å². The van der Waals surface area contributed by atoms with Crippen LogP contribution in [0.2, 0.25) is 16.6 Å². The van der Waals surface area contributed by atoms with Crippen molar-refractivity contribution in [3.63, 3.8) is 0 Å². The van der Waals surface area contributed by atoms with E-state index in [-0.39, 0.29) is 32.5 Å². The molecular weight excluding hydrogens is 893 g/mol. The van der Waals surface area contributed by atoms with Crippen molar-refractivity contribution in [3.05, 3.63) is 105 Å². The van der Waals surface area contributed by atoms with Gasteiger partial charge >= 0.3 is 0 Å². The van der Waals surface area contributed by atoms with Gasteiger partial charge in [-0.25, -0.2) is 0 Å². The summed E-state index contributed by atoms with van der Waals surface area (Å²) in [5.74, 6) is 55.0. The molecule has 0 aliphatic carbocycles. The highest BCUT2D eigenvalue weighted by Gasteiger charge is 2.42. The topological polar surface area (TPSA) is 0 Å². The number of rotatable bonds is 6. The molecule has 0 N–H and O–H groups in total. The molecular formula is C72H84Si. The van der Waals surface area contributed by atoms with Crippen LogP contribution in [0.5, 0.6) is 0 Å². The average molecular weight is 978 g/mol. The summed E-state index contributed by atoms with van der Waals surface area (Å²) >= 11 is 0. The highest BCUT2D eigenvalue weighted by atomic mass is 28.3. The summed E-state index contributed by atoms with van der Waals surface area (Å²) in [6, 6.07) is 21.6. The molecule has 3 aromatic rings. The second-order valence-corrected chi connectivity index (χ2v) is 32.1. The van der Waals surface area contributed by atoms with E-state index in [4.69, 9.17) is 0 Å². The van der Waals surface area contributed by atoms with Crippen molar-refractivity contribution < 1.29 is 0 Å². The molecule has 1 heteroatoms. The first kappa shape index (κ1) is 60.8. The van der Waals surface area contributed by atoms with E-state index >= 15 is 0 Å². The first-order valence-electron chi connectivity index (χ1n) is 26.0. The van der Waals surface area contributed by atoms with Crippen LogP contribution in [0.4, 0.5) is 0 Å². The van der Waals surface area contributed by atoms with E-state index in [0.717, 1.165) is 16.7 Å². The third-order valence-corrected chi connectivity index (χ3v) is 20.0. The fourth-order valence-corrected chi connectivity index (χ4v) is 14.2. The lowest BCUT2D eigenvalue weighted by atomic mass is 9.64. The highest BCUT2D eigenvalue weighted by Crippen LogP contribution is 2.47. The van der Waals surface area contributed by atoms with Gasteiger partial charge in [0.2, 0.25) is 0 Å². The third-order valence-electron chi connectivity index (χ3n) is 13.8. The Bertz CT molecular complexity index is 2890. The molecule has 73 heavy (non-hydrogen) atoms. The van der Waals surface area contributed by atoms with Gasteiger partial charge in [-0.1, -0.05) is 227 Å². The molecule has 0 radical (unpaired) electrons. The minimum atomic E-state index is -1.81. The smallest absolute Gasteiger partial charge is 0.116 e. The van der Waals surface area contributed by atoms with E-state index in [1.807, 2.05) is 0 Å². The Morgan fingerprint density at radius 2 is 0.411 bits per heavy atom. The van der Waals surface area contributed by atoms with Crippen molar-refractivity contribution in [2.45, 2.75) is 221 Å². The normalized spacial score (nSPS) is 11.7. The molecule has 0 fully saturated rings. The van der Waals surface area contributed by atoms with Gasteiger partial charge in [-0.15, -0.1) is 5.54 Å². The molecule has 3 rings (SSSR count). The monoisotopic (exact) mass is 977 g/mol. The molecule has 0 atom stereocenters. The van der Waals surface area contributed by atoms with Crippen molar-refractivity contribution >= 4 is 8.07 Å². The van der Waals surface area contributed by atoms with E-state index in [2.05, 4.69) is 339 Å². The molecule has 0 amide bonds. The van der Waals surface area contributed by atoms with Gasteiger partial charge in [0.05, 0.1) is 0 Å². The van der Waals surface area contributed by atoms with Crippen molar-refractivity contribution in [2.75, 3.05) is 0 Å². The van der Waals surface area contributed by atoms with E-state index in [1.165, 1.54) is 33.4 Å². The Morgan fingerprint density at radius 1 is 0.247 bits per heavy atom. The van der Waals surface area contributed by atoms with Gasteiger partial charge in [-0.3, -0.25) is 0 Å². The van der Waals surface area contributed by atoms with Crippen molar-refractivity contribution in [2.24, 2.45) is 0 Å². The van der Waals surface area contributed by atoms with Gasteiger partial charge in [0.25, 0.3) is 0 Å². The molecule has 0 aromatic heterocycles. The maximum atomic E-state index is 3.93. The van der Waals surface area contributed by atoms with Gasteiger partial charge in [-0.2, -0.15) is 0 Å². The molecule has 0 saturated heterocycles. The van der Waals surface area contributed by atoms with Gasteiger partial charge in [0, 0.05) is 11.8 Å². The minimum Gasteiger partial charge on any atom is -0.116 e. The lowest BCUT2D eigenvalue weighted by Crippen LogP contribution is -2.43. The molecule has 376 valence electrons. The van der Waals surface area contributed by atoms with Gasteiger partial charge in [0.15, 0.2) is 0 Å². The highest BCUT2D eigenvalue weighted by molar-refractivity contribution is 6.90. The molecule has 0 spiro atoms. The number of hydrogen-bond acceptors (Lipinski definition) is 0. The minimum absolute atomic E-state index is 0.130. The van der Waals surface area contributed by atoms with Crippen LogP contribution in [0.15, 0.2) is 54.6 Å². The maximum absolute atomic E-state index is 3.93. The Hall–Kier alpha value is -6.52. The predicted octanol–water partition coefficient (Wildman–Crippen LogP) is 16.1. The summed E-state index contributed by atoms with van der Waals surface area (Å²) in [5.41, 5.74) is 14.5. The molecule has 0 unspecified atom stereocenters. The van der Waals surface area contributed by atoms with Gasteiger partial charge in [-0.05, 0) is 194 Å². The second kappa shape index (κ2) is 24.0. The van der Waals surface area contributed by atoms with Crippen LogP contribution < -0.4 is 0 Å².